The maximum Gasteiger partial charge on any atom is -0.00965 e. The molecule has 0 unspecified atom stereocenters. The van der Waals surface area contributed by atoms with E-state index < -0.39 is 0 Å². The van der Waals surface area contributed by atoms with Crippen molar-refractivity contribution in [2.24, 2.45) is 43.3 Å². The highest BCUT2D eigenvalue weighted by Crippen LogP contribution is 3.36. The fourth-order valence-corrected chi connectivity index (χ4v) is 15.6. The number of hydrogen-bond acceptors (Lipinski definition) is 0. The lowest BCUT2D eigenvalue weighted by molar-refractivity contribution is -0.887. The zero-order chi connectivity index (χ0) is 17.7. The van der Waals surface area contributed by atoms with Gasteiger partial charge in [0, 0.05) is 0 Å². The molecule has 6 aliphatic rings. The Bertz CT molecular complexity index is 406. The summed E-state index contributed by atoms with van der Waals surface area (Å²) in [6.07, 6.45) is 11.7. The van der Waals surface area contributed by atoms with Crippen LogP contribution in [0.4, 0.5) is 0 Å². The van der Waals surface area contributed by atoms with E-state index in [9.17, 15) is 0 Å². The summed E-state index contributed by atoms with van der Waals surface area (Å²) in [6.45, 7) is 20.6. The first-order valence-corrected chi connectivity index (χ1v) is 11.5. The van der Waals surface area contributed by atoms with Crippen molar-refractivity contribution in [2.75, 3.05) is 0 Å². The molecule has 0 bridgehead atoms. The van der Waals surface area contributed by atoms with E-state index in [2.05, 4.69) is 55.4 Å². The molecule has 0 saturated heterocycles. The third-order valence-corrected chi connectivity index (χ3v) is 13.0. The van der Waals surface area contributed by atoms with Gasteiger partial charge in [0.05, 0.1) is 0 Å². The van der Waals surface area contributed by atoms with Crippen LogP contribution in [0.1, 0.15) is 107 Å². The molecule has 6 aliphatic carbocycles. The summed E-state index contributed by atoms with van der Waals surface area (Å²) in [6, 6.07) is 0. The molecule has 0 atom stereocenters. The largest absolute Gasteiger partial charge is 0.0648 e. The van der Waals surface area contributed by atoms with Gasteiger partial charge in [-0.1, -0.05) is 55.4 Å². The maximum atomic E-state index is 2.57. The van der Waals surface area contributed by atoms with Gasteiger partial charge in [0.1, 0.15) is 0 Å². The summed E-state index contributed by atoms with van der Waals surface area (Å²) in [5, 5.41) is 0. The van der Waals surface area contributed by atoms with Crippen molar-refractivity contribution in [1.29, 1.82) is 0 Å². The predicted octanol–water partition coefficient (Wildman–Crippen LogP) is 7.23. The van der Waals surface area contributed by atoms with E-state index in [4.69, 9.17) is 0 Å². The highest BCUT2D eigenvalue weighted by Gasteiger charge is 3.33. The Labute approximate surface area is 150 Å². The van der Waals surface area contributed by atoms with E-state index in [1.165, 1.54) is 51.4 Å². The van der Waals surface area contributed by atoms with Crippen LogP contribution in [0.5, 0.6) is 0 Å². The van der Waals surface area contributed by atoms with Gasteiger partial charge in [0.2, 0.25) is 0 Å². The van der Waals surface area contributed by atoms with Crippen LogP contribution in [0.25, 0.3) is 0 Å². The zero-order valence-electron chi connectivity index (χ0n) is 17.7. The second kappa shape index (κ2) is 3.55. The zero-order valence-corrected chi connectivity index (χ0v) is 17.7. The molecule has 0 nitrogen and oxygen atoms in total. The monoisotopic (exact) mass is 328 g/mol. The SMILES string of the molecule is CCC12C3(CC)C4(CC)C1(CC)C1(CC)C2(CC)C3(CC)C41CC. The fraction of sp³-hybridized carbons (Fsp3) is 1.00. The number of rotatable bonds is 8. The lowest BCUT2D eigenvalue weighted by Gasteiger charge is -3.34. The van der Waals surface area contributed by atoms with Crippen LogP contribution >= 0.6 is 0 Å². The smallest absolute Gasteiger partial charge is 0.00965 e. The Morgan fingerprint density at radius 2 is 0.333 bits per heavy atom. The molecule has 0 amide bonds. The Hall–Kier alpha value is 0. The van der Waals surface area contributed by atoms with Crippen LogP contribution in [-0.2, 0) is 0 Å². The summed E-state index contributed by atoms with van der Waals surface area (Å²) < 4.78 is 0. The molecular weight excluding hydrogens is 288 g/mol. The van der Waals surface area contributed by atoms with Gasteiger partial charge in [-0.05, 0) is 94.7 Å². The second-order valence-electron chi connectivity index (χ2n) is 10.1. The molecule has 0 N–H and O–H groups in total. The van der Waals surface area contributed by atoms with Crippen LogP contribution < -0.4 is 0 Å². The molecule has 0 heteroatoms. The van der Waals surface area contributed by atoms with Gasteiger partial charge < -0.3 is 0 Å². The summed E-state index contributed by atoms with van der Waals surface area (Å²) >= 11 is 0. The summed E-state index contributed by atoms with van der Waals surface area (Å²) in [4.78, 5) is 0. The Balaban J connectivity index is 1.89. The van der Waals surface area contributed by atoms with Gasteiger partial charge in [-0.3, -0.25) is 0 Å². The van der Waals surface area contributed by atoms with Gasteiger partial charge in [-0.2, -0.15) is 0 Å². The van der Waals surface area contributed by atoms with Gasteiger partial charge in [0.25, 0.3) is 0 Å². The van der Waals surface area contributed by atoms with Crippen molar-refractivity contribution in [2.45, 2.75) is 107 Å². The highest BCUT2D eigenvalue weighted by atomic mass is 15.4. The van der Waals surface area contributed by atoms with E-state index in [1.54, 1.807) is 0 Å². The lowest BCUT2D eigenvalue weighted by Crippen LogP contribution is -3.31. The third-order valence-electron chi connectivity index (χ3n) is 13.0. The van der Waals surface area contributed by atoms with Crippen LogP contribution in [0.15, 0.2) is 0 Å². The predicted molar refractivity (Wildman–Crippen MR) is 102 cm³/mol. The van der Waals surface area contributed by atoms with Gasteiger partial charge in [-0.15, -0.1) is 0 Å². The first-order valence-electron chi connectivity index (χ1n) is 11.5. The normalized spacial score (nSPS) is 69.0. The summed E-state index contributed by atoms with van der Waals surface area (Å²) in [5.41, 5.74) is 5.70. The number of hydrogen-bond donors (Lipinski definition) is 0. The van der Waals surface area contributed by atoms with Crippen molar-refractivity contribution >= 4 is 0 Å². The van der Waals surface area contributed by atoms with Gasteiger partial charge >= 0.3 is 0 Å². The first kappa shape index (κ1) is 16.2. The molecule has 6 fully saturated rings. The van der Waals surface area contributed by atoms with Gasteiger partial charge in [-0.25, -0.2) is 0 Å². The minimum absolute atomic E-state index is 0.712. The van der Waals surface area contributed by atoms with Crippen molar-refractivity contribution in [1.82, 2.24) is 0 Å². The van der Waals surface area contributed by atoms with E-state index in [-0.39, 0.29) is 0 Å². The average molecular weight is 329 g/mol. The highest BCUT2D eigenvalue weighted by molar-refractivity contribution is 5.78. The average Bonchev–Trinajstić information content (AvgIpc) is 2.62. The minimum Gasteiger partial charge on any atom is -0.0648 e. The molecule has 0 aromatic heterocycles. The second-order valence-corrected chi connectivity index (χ2v) is 10.1. The van der Waals surface area contributed by atoms with Crippen LogP contribution in [-0.4, -0.2) is 0 Å². The molecule has 136 valence electrons. The Morgan fingerprint density at radius 3 is 0.375 bits per heavy atom. The van der Waals surface area contributed by atoms with Crippen molar-refractivity contribution in [3.63, 3.8) is 0 Å². The molecule has 0 heterocycles. The molecule has 6 saturated carbocycles. The third kappa shape index (κ3) is 0.557. The molecule has 0 radical (unpaired) electrons. The van der Waals surface area contributed by atoms with E-state index in [0.717, 1.165) is 0 Å². The Kier molecular flexibility index (Phi) is 2.40. The van der Waals surface area contributed by atoms with Crippen LogP contribution in [0, 0.1) is 43.3 Å². The molecule has 24 heavy (non-hydrogen) atoms. The Morgan fingerprint density at radius 1 is 0.250 bits per heavy atom. The van der Waals surface area contributed by atoms with Crippen LogP contribution in [0.3, 0.4) is 0 Å². The standard InChI is InChI=1S/C24H40/c1-9-17-18(10-2)21(13-5)19(17,11-3)23(15-7)20(17,12-4)22(18,14-6)24(21,23)16-8/h9-16H2,1-8H3. The van der Waals surface area contributed by atoms with Crippen LogP contribution in [0.2, 0.25) is 0 Å². The maximum absolute atomic E-state index is 2.57. The topological polar surface area (TPSA) is 0 Å². The van der Waals surface area contributed by atoms with E-state index >= 15 is 0 Å². The molecular formula is C24H40. The lowest BCUT2D eigenvalue weighted by atomic mass is 8.68. The summed E-state index contributed by atoms with van der Waals surface area (Å²) in [7, 11) is 0. The molecule has 0 spiro atoms. The first-order chi connectivity index (χ1) is 11.5. The van der Waals surface area contributed by atoms with Crippen molar-refractivity contribution in [3.05, 3.63) is 0 Å². The van der Waals surface area contributed by atoms with Gasteiger partial charge in [0.15, 0.2) is 0 Å². The van der Waals surface area contributed by atoms with Crippen molar-refractivity contribution in [3.8, 4) is 0 Å². The van der Waals surface area contributed by atoms with E-state index in [0.29, 0.717) is 43.3 Å². The minimum atomic E-state index is 0.712. The molecule has 0 aromatic rings. The quantitative estimate of drug-likeness (QED) is 0.441. The van der Waals surface area contributed by atoms with E-state index in [1.807, 2.05) is 0 Å². The molecule has 0 aliphatic heterocycles. The molecule has 6 rings (SSSR count). The molecule has 0 aromatic carbocycles. The van der Waals surface area contributed by atoms with Crippen molar-refractivity contribution < 1.29 is 0 Å². The summed E-state index contributed by atoms with van der Waals surface area (Å²) in [5.74, 6) is 0. The fourth-order valence-electron chi connectivity index (χ4n) is 15.6.